The number of hydrogen-bond acceptors (Lipinski definition) is 3. The lowest BCUT2D eigenvalue weighted by Gasteiger charge is -2.21. The molecule has 2 aromatic carbocycles. The van der Waals surface area contributed by atoms with Crippen LogP contribution in [0.15, 0.2) is 42.6 Å². The third-order valence-corrected chi connectivity index (χ3v) is 4.20. The number of carbonyl (C=O) groups is 1. The van der Waals surface area contributed by atoms with Crippen LogP contribution in [0.3, 0.4) is 0 Å². The van der Waals surface area contributed by atoms with Gasteiger partial charge in [0.05, 0.1) is 11.3 Å². The normalized spacial score (nSPS) is 14.4. The van der Waals surface area contributed by atoms with Crippen molar-refractivity contribution in [3.05, 3.63) is 59.8 Å². The summed E-state index contributed by atoms with van der Waals surface area (Å²) in [4.78, 5) is 13.9. The molecule has 1 amide bonds. The fourth-order valence-corrected chi connectivity index (χ4v) is 2.88. The molecule has 0 bridgehead atoms. The van der Waals surface area contributed by atoms with Gasteiger partial charge in [0.2, 0.25) is 0 Å². The Balaban J connectivity index is 1.84. The van der Waals surface area contributed by atoms with Crippen molar-refractivity contribution in [2.24, 2.45) is 0 Å². The van der Waals surface area contributed by atoms with Gasteiger partial charge in [0.1, 0.15) is 11.6 Å². The van der Waals surface area contributed by atoms with E-state index in [4.69, 9.17) is 0 Å². The van der Waals surface area contributed by atoms with Crippen molar-refractivity contribution in [3.8, 4) is 0 Å². The van der Waals surface area contributed by atoms with E-state index >= 15 is 0 Å². The lowest BCUT2D eigenvalue weighted by Crippen LogP contribution is -2.22. The average Bonchev–Trinajstić information content (AvgIpc) is 2.90. The molecule has 0 unspecified atom stereocenters. The van der Waals surface area contributed by atoms with E-state index in [1.165, 1.54) is 30.5 Å². The van der Waals surface area contributed by atoms with Crippen LogP contribution in [-0.2, 0) is 4.79 Å². The number of amides is 1. The highest BCUT2D eigenvalue weighted by Gasteiger charge is 2.24. The summed E-state index contributed by atoms with van der Waals surface area (Å²) in [5, 5.41) is 5.58. The second-order valence-corrected chi connectivity index (χ2v) is 5.68. The summed E-state index contributed by atoms with van der Waals surface area (Å²) in [6, 6.07) is 8.92. The van der Waals surface area contributed by atoms with Gasteiger partial charge in [-0.2, -0.15) is 0 Å². The molecule has 1 aliphatic rings. The molecular weight excluding hydrogens is 324 g/mol. The lowest BCUT2D eigenvalue weighted by atomic mass is 10.1. The van der Waals surface area contributed by atoms with E-state index in [1.807, 2.05) is 18.7 Å². The summed E-state index contributed by atoms with van der Waals surface area (Å²) < 4.78 is 27.7. The number of benzene rings is 2. The number of fused-ring (bicyclic) bond motifs is 1. The minimum Gasteiger partial charge on any atom is -0.370 e. The zero-order valence-electron chi connectivity index (χ0n) is 14.1. The van der Waals surface area contributed by atoms with Crippen molar-refractivity contribution in [1.29, 1.82) is 0 Å². The number of rotatable bonds is 5. The van der Waals surface area contributed by atoms with Crippen molar-refractivity contribution in [1.82, 2.24) is 0 Å². The summed E-state index contributed by atoms with van der Waals surface area (Å²) in [7, 11) is 0. The molecule has 0 saturated carbocycles. The number of hydrogen-bond donors (Lipinski definition) is 2. The Morgan fingerprint density at radius 2 is 1.88 bits per heavy atom. The molecule has 4 nitrogen and oxygen atoms in total. The Bertz CT molecular complexity index is 845. The van der Waals surface area contributed by atoms with Crippen molar-refractivity contribution in [3.63, 3.8) is 0 Å². The smallest absolute Gasteiger partial charge is 0.257 e. The van der Waals surface area contributed by atoms with Gasteiger partial charge in [-0.1, -0.05) is 0 Å². The molecule has 0 fully saturated rings. The third-order valence-electron chi connectivity index (χ3n) is 4.20. The van der Waals surface area contributed by atoms with Gasteiger partial charge in [0.25, 0.3) is 5.91 Å². The minimum absolute atomic E-state index is 0.308. The van der Waals surface area contributed by atoms with Crippen LogP contribution >= 0.6 is 0 Å². The molecule has 2 N–H and O–H groups in total. The standard InChI is InChI=1S/C19H19F2N3O/c1-3-24(4-2)18-8-6-13(10-16(18)21)22-11-15-14-9-12(20)5-7-17(14)23-19(15)25/h5-11,22H,3-4H2,1-2H3,(H,23,25)/b15-11+. The van der Waals surface area contributed by atoms with E-state index in [1.54, 1.807) is 12.1 Å². The first-order valence-corrected chi connectivity index (χ1v) is 8.16. The van der Waals surface area contributed by atoms with Crippen molar-refractivity contribution in [2.75, 3.05) is 28.6 Å². The molecule has 25 heavy (non-hydrogen) atoms. The molecule has 1 heterocycles. The van der Waals surface area contributed by atoms with Gasteiger partial charge in [0.15, 0.2) is 0 Å². The highest BCUT2D eigenvalue weighted by Crippen LogP contribution is 2.32. The first kappa shape index (κ1) is 17.0. The lowest BCUT2D eigenvalue weighted by molar-refractivity contribution is -0.110. The average molecular weight is 343 g/mol. The summed E-state index contributed by atoms with van der Waals surface area (Å²) in [5.41, 5.74) is 2.40. The van der Waals surface area contributed by atoms with Gasteiger partial charge in [-0.25, -0.2) is 8.78 Å². The van der Waals surface area contributed by atoms with E-state index in [9.17, 15) is 13.6 Å². The number of nitrogens with one attached hydrogen (secondary N) is 2. The van der Waals surface area contributed by atoms with E-state index < -0.39 is 5.82 Å². The Labute approximate surface area is 145 Å². The molecular formula is C19H19F2N3O. The summed E-state index contributed by atoms with van der Waals surface area (Å²) >= 11 is 0. The van der Waals surface area contributed by atoms with Gasteiger partial charge < -0.3 is 15.5 Å². The highest BCUT2D eigenvalue weighted by molar-refractivity contribution is 6.31. The maximum absolute atomic E-state index is 14.3. The predicted octanol–water partition coefficient (Wildman–Crippen LogP) is 4.22. The highest BCUT2D eigenvalue weighted by atomic mass is 19.1. The largest absolute Gasteiger partial charge is 0.370 e. The minimum atomic E-state index is -0.421. The Morgan fingerprint density at radius 1 is 1.12 bits per heavy atom. The second-order valence-electron chi connectivity index (χ2n) is 5.68. The zero-order chi connectivity index (χ0) is 18.0. The molecule has 0 aromatic heterocycles. The summed E-state index contributed by atoms with van der Waals surface area (Å²) in [6.45, 7) is 5.36. The van der Waals surface area contributed by atoms with Crippen LogP contribution in [0.5, 0.6) is 0 Å². The third kappa shape index (κ3) is 3.33. The molecule has 0 atom stereocenters. The summed E-state index contributed by atoms with van der Waals surface area (Å²) in [6.07, 6.45) is 1.46. The van der Waals surface area contributed by atoms with E-state index in [-0.39, 0.29) is 11.7 Å². The van der Waals surface area contributed by atoms with Gasteiger partial charge in [-0.3, -0.25) is 4.79 Å². The molecule has 6 heteroatoms. The number of carbonyl (C=O) groups excluding carboxylic acids is 1. The van der Waals surface area contributed by atoms with Crippen molar-refractivity contribution in [2.45, 2.75) is 13.8 Å². The van der Waals surface area contributed by atoms with Crippen LogP contribution in [0.25, 0.3) is 5.57 Å². The molecule has 3 rings (SSSR count). The van der Waals surface area contributed by atoms with E-state index in [0.29, 0.717) is 41.3 Å². The van der Waals surface area contributed by atoms with Gasteiger partial charge in [-0.15, -0.1) is 0 Å². The fourth-order valence-electron chi connectivity index (χ4n) is 2.88. The van der Waals surface area contributed by atoms with Crippen LogP contribution < -0.4 is 15.5 Å². The van der Waals surface area contributed by atoms with Gasteiger partial charge in [-0.05, 0) is 50.2 Å². The number of nitrogens with zero attached hydrogens (tertiary/aromatic N) is 1. The van der Waals surface area contributed by atoms with Crippen LogP contribution in [0, 0.1) is 11.6 Å². The molecule has 2 aromatic rings. The van der Waals surface area contributed by atoms with Gasteiger partial charge >= 0.3 is 0 Å². The topological polar surface area (TPSA) is 44.4 Å². The number of halogens is 2. The van der Waals surface area contributed by atoms with Crippen LogP contribution in [-0.4, -0.2) is 19.0 Å². The second kappa shape index (κ2) is 6.93. The van der Waals surface area contributed by atoms with Crippen LogP contribution in [0.2, 0.25) is 0 Å². The molecule has 0 radical (unpaired) electrons. The van der Waals surface area contributed by atoms with Crippen LogP contribution in [0.1, 0.15) is 19.4 Å². The van der Waals surface area contributed by atoms with Crippen molar-refractivity contribution < 1.29 is 13.6 Å². The Morgan fingerprint density at radius 3 is 2.56 bits per heavy atom. The maximum atomic E-state index is 14.3. The molecule has 1 aliphatic heterocycles. The number of anilines is 3. The first-order chi connectivity index (χ1) is 12.0. The molecule has 130 valence electrons. The quantitative estimate of drug-likeness (QED) is 0.799. The zero-order valence-corrected chi connectivity index (χ0v) is 14.1. The SMILES string of the molecule is CCN(CC)c1ccc(N/C=C2/C(=O)Nc3ccc(F)cc32)cc1F. The van der Waals surface area contributed by atoms with Crippen molar-refractivity contribution >= 4 is 28.5 Å². The van der Waals surface area contributed by atoms with E-state index in [2.05, 4.69) is 10.6 Å². The molecule has 0 aliphatic carbocycles. The van der Waals surface area contributed by atoms with Gasteiger partial charge in [0, 0.05) is 36.2 Å². The molecule has 0 saturated heterocycles. The monoisotopic (exact) mass is 343 g/mol. The summed E-state index contributed by atoms with van der Waals surface area (Å²) in [5.74, 6) is -1.08. The predicted molar refractivity (Wildman–Crippen MR) is 96.6 cm³/mol. The van der Waals surface area contributed by atoms with Crippen LogP contribution in [0.4, 0.5) is 25.8 Å². The fraction of sp³-hybridized carbons (Fsp3) is 0.211. The Kier molecular flexibility index (Phi) is 4.70. The van der Waals surface area contributed by atoms with E-state index in [0.717, 1.165) is 0 Å². The Hall–Kier alpha value is -2.89. The molecule has 0 spiro atoms. The maximum Gasteiger partial charge on any atom is 0.257 e. The first-order valence-electron chi connectivity index (χ1n) is 8.16.